The van der Waals surface area contributed by atoms with Gasteiger partial charge in [-0.3, -0.25) is 4.79 Å². The molecule has 0 aromatic carbocycles. The number of aromatic nitrogens is 3. The number of hydrogen-bond donors (Lipinski definition) is 1. The maximum absolute atomic E-state index is 11.8. The molecule has 1 atom stereocenters. The first-order valence-electron chi connectivity index (χ1n) is 6.41. The van der Waals surface area contributed by atoms with Crippen LogP contribution in [0, 0.1) is 5.92 Å². The normalized spacial score (nSPS) is 22.2. The molecule has 2 heterocycles. The summed E-state index contributed by atoms with van der Waals surface area (Å²) in [6.45, 7) is 5.06. The van der Waals surface area contributed by atoms with Gasteiger partial charge in [-0.2, -0.15) is 0 Å². The van der Waals surface area contributed by atoms with E-state index in [-0.39, 0.29) is 11.9 Å². The number of ether oxygens (including phenoxy) is 1. The van der Waals surface area contributed by atoms with Crippen molar-refractivity contribution in [2.24, 2.45) is 5.92 Å². The summed E-state index contributed by atoms with van der Waals surface area (Å²) in [6, 6.07) is 0.0579. The van der Waals surface area contributed by atoms with E-state index < -0.39 is 0 Å². The molecule has 1 aromatic heterocycles. The van der Waals surface area contributed by atoms with Crippen LogP contribution in [-0.2, 0) is 22.7 Å². The molecule has 0 radical (unpaired) electrons. The van der Waals surface area contributed by atoms with Gasteiger partial charge >= 0.3 is 0 Å². The molecule has 1 aliphatic heterocycles. The summed E-state index contributed by atoms with van der Waals surface area (Å²) in [5, 5.41) is 10.9. The maximum Gasteiger partial charge on any atom is 0.220 e. The SMILES string of the molecule is CC(C)[C@@H]1COCn2nncc2CCCC(=O)N1. The maximum atomic E-state index is 11.8. The standard InChI is InChI=1S/C12H20N4O2/c1-9(2)11-7-18-8-16-10(6-13-15-16)4-3-5-12(17)14-11/h6,9,11H,3-5,7-8H2,1-2H3,(H,14,17)/t11-/m0/s1. The number of carbonyl (C=O) groups excluding carboxylic acids is 1. The van der Waals surface area contributed by atoms with Crippen molar-refractivity contribution in [3.8, 4) is 0 Å². The van der Waals surface area contributed by atoms with Crippen LogP contribution in [0.25, 0.3) is 0 Å². The minimum absolute atomic E-state index is 0.0579. The molecule has 0 saturated carbocycles. The van der Waals surface area contributed by atoms with Crippen LogP contribution in [0.2, 0.25) is 0 Å². The minimum Gasteiger partial charge on any atom is -0.357 e. The summed E-state index contributed by atoms with van der Waals surface area (Å²) < 4.78 is 7.38. The Bertz CT molecular complexity index is 403. The molecule has 0 bridgehead atoms. The molecule has 1 aromatic rings. The van der Waals surface area contributed by atoms with Crippen LogP contribution in [0.3, 0.4) is 0 Å². The molecule has 100 valence electrons. The average Bonchev–Trinajstić information content (AvgIpc) is 2.74. The van der Waals surface area contributed by atoms with E-state index in [1.807, 2.05) is 0 Å². The fourth-order valence-electron chi connectivity index (χ4n) is 1.96. The summed E-state index contributed by atoms with van der Waals surface area (Å²) in [7, 11) is 0. The van der Waals surface area contributed by atoms with Crippen LogP contribution in [-0.4, -0.2) is 33.5 Å². The van der Waals surface area contributed by atoms with Gasteiger partial charge in [-0.1, -0.05) is 19.1 Å². The lowest BCUT2D eigenvalue weighted by atomic mass is 10.1. The van der Waals surface area contributed by atoms with Gasteiger partial charge in [0.05, 0.1) is 24.5 Å². The molecule has 0 unspecified atom stereocenters. The summed E-state index contributed by atoms with van der Waals surface area (Å²) in [6.07, 6.45) is 3.88. The van der Waals surface area contributed by atoms with E-state index in [9.17, 15) is 4.79 Å². The number of nitrogens with zero attached hydrogens (tertiary/aromatic N) is 3. The molecule has 1 amide bonds. The molecule has 0 aliphatic carbocycles. The van der Waals surface area contributed by atoms with Crippen LogP contribution in [0.4, 0.5) is 0 Å². The van der Waals surface area contributed by atoms with Gasteiger partial charge < -0.3 is 10.1 Å². The van der Waals surface area contributed by atoms with Crippen molar-refractivity contribution in [2.75, 3.05) is 6.61 Å². The summed E-state index contributed by atoms with van der Waals surface area (Å²) in [4.78, 5) is 11.8. The van der Waals surface area contributed by atoms with Crippen LogP contribution in [0.5, 0.6) is 0 Å². The highest BCUT2D eigenvalue weighted by Crippen LogP contribution is 2.08. The topological polar surface area (TPSA) is 69.0 Å². The van der Waals surface area contributed by atoms with Gasteiger partial charge in [-0.05, 0) is 18.8 Å². The molecular weight excluding hydrogens is 232 g/mol. The molecular formula is C12H20N4O2. The van der Waals surface area contributed by atoms with Crippen molar-refractivity contribution < 1.29 is 9.53 Å². The third-order valence-electron chi connectivity index (χ3n) is 3.20. The quantitative estimate of drug-likeness (QED) is 0.800. The second kappa shape index (κ2) is 5.95. The first-order chi connectivity index (χ1) is 8.66. The second-order valence-electron chi connectivity index (χ2n) is 5.00. The van der Waals surface area contributed by atoms with Crippen molar-refractivity contribution >= 4 is 5.91 Å². The summed E-state index contributed by atoms with van der Waals surface area (Å²) >= 11 is 0. The Morgan fingerprint density at radius 2 is 2.33 bits per heavy atom. The average molecular weight is 252 g/mol. The molecule has 0 fully saturated rings. The number of amides is 1. The monoisotopic (exact) mass is 252 g/mol. The first kappa shape index (κ1) is 13.0. The second-order valence-corrected chi connectivity index (χ2v) is 5.00. The van der Waals surface area contributed by atoms with Crippen molar-refractivity contribution in [1.82, 2.24) is 20.3 Å². The van der Waals surface area contributed by atoms with Gasteiger partial charge in [-0.25, -0.2) is 4.68 Å². The third kappa shape index (κ3) is 3.29. The fraction of sp³-hybridized carbons (Fsp3) is 0.750. The third-order valence-corrected chi connectivity index (χ3v) is 3.20. The number of rotatable bonds is 1. The molecule has 2 rings (SSSR count). The van der Waals surface area contributed by atoms with Gasteiger partial charge in [0.2, 0.25) is 5.91 Å². The smallest absolute Gasteiger partial charge is 0.220 e. The van der Waals surface area contributed by atoms with Gasteiger partial charge in [0.1, 0.15) is 6.73 Å². The van der Waals surface area contributed by atoms with E-state index in [2.05, 4.69) is 29.5 Å². The Balaban J connectivity index is 2.06. The lowest BCUT2D eigenvalue weighted by molar-refractivity contribution is -0.122. The van der Waals surface area contributed by atoms with Crippen LogP contribution in [0.15, 0.2) is 6.20 Å². The zero-order valence-electron chi connectivity index (χ0n) is 10.9. The van der Waals surface area contributed by atoms with Gasteiger partial charge in [-0.15, -0.1) is 5.10 Å². The highest BCUT2D eigenvalue weighted by atomic mass is 16.5. The lowest BCUT2D eigenvalue weighted by Gasteiger charge is -2.22. The number of aryl methyl sites for hydroxylation is 1. The van der Waals surface area contributed by atoms with E-state index >= 15 is 0 Å². The van der Waals surface area contributed by atoms with Crippen molar-refractivity contribution in [2.45, 2.75) is 45.9 Å². The predicted molar refractivity (Wildman–Crippen MR) is 65.7 cm³/mol. The van der Waals surface area contributed by atoms with Gasteiger partial charge in [0.25, 0.3) is 0 Å². The minimum atomic E-state index is 0.0579. The molecule has 6 heteroatoms. The Kier molecular flexibility index (Phi) is 4.30. The Labute approximate surface area is 107 Å². The number of nitrogens with one attached hydrogen (secondary N) is 1. The van der Waals surface area contributed by atoms with Gasteiger partial charge in [0, 0.05) is 6.42 Å². The molecule has 1 aliphatic rings. The lowest BCUT2D eigenvalue weighted by Crippen LogP contribution is -2.41. The van der Waals surface area contributed by atoms with Gasteiger partial charge in [0.15, 0.2) is 0 Å². The van der Waals surface area contributed by atoms with E-state index in [4.69, 9.17) is 4.74 Å². The van der Waals surface area contributed by atoms with E-state index in [1.54, 1.807) is 10.9 Å². The van der Waals surface area contributed by atoms with Crippen molar-refractivity contribution in [3.05, 3.63) is 11.9 Å². The molecule has 0 spiro atoms. The van der Waals surface area contributed by atoms with Crippen LogP contribution in [0.1, 0.15) is 32.4 Å². The number of carbonyl (C=O) groups is 1. The fourth-order valence-corrected chi connectivity index (χ4v) is 1.96. The van der Waals surface area contributed by atoms with Crippen LogP contribution < -0.4 is 5.32 Å². The van der Waals surface area contributed by atoms with E-state index in [0.29, 0.717) is 25.7 Å². The first-order valence-corrected chi connectivity index (χ1v) is 6.41. The Hall–Kier alpha value is -1.43. The molecule has 18 heavy (non-hydrogen) atoms. The highest BCUT2D eigenvalue weighted by Gasteiger charge is 2.18. The summed E-state index contributed by atoms with van der Waals surface area (Å²) in [5.41, 5.74) is 1.02. The van der Waals surface area contributed by atoms with Crippen LogP contribution >= 0.6 is 0 Å². The number of fused-ring (bicyclic) bond motifs is 1. The van der Waals surface area contributed by atoms with Crippen molar-refractivity contribution in [1.29, 1.82) is 0 Å². The predicted octanol–water partition coefficient (Wildman–Crippen LogP) is 0.729. The van der Waals surface area contributed by atoms with E-state index in [0.717, 1.165) is 18.5 Å². The zero-order chi connectivity index (χ0) is 13.0. The highest BCUT2D eigenvalue weighted by molar-refractivity contribution is 5.76. The largest absolute Gasteiger partial charge is 0.357 e. The Morgan fingerprint density at radius 1 is 1.50 bits per heavy atom. The number of hydrogen-bond acceptors (Lipinski definition) is 4. The molecule has 6 nitrogen and oxygen atoms in total. The Morgan fingerprint density at radius 3 is 3.11 bits per heavy atom. The molecule has 0 saturated heterocycles. The zero-order valence-corrected chi connectivity index (χ0v) is 10.9. The molecule has 1 N–H and O–H groups in total. The van der Waals surface area contributed by atoms with Crippen molar-refractivity contribution in [3.63, 3.8) is 0 Å². The van der Waals surface area contributed by atoms with E-state index in [1.165, 1.54) is 0 Å². The summed E-state index contributed by atoms with van der Waals surface area (Å²) in [5.74, 6) is 0.447.